The number of rotatable bonds is 7. The van der Waals surface area contributed by atoms with Gasteiger partial charge in [-0.05, 0) is 11.9 Å². The van der Waals surface area contributed by atoms with E-state index in [1.165, 1.54) is 18.7 Å². The van der Waals surface area contributed by atoms with Crippen molar-refractivity contribution in [3.05, 3.63) is 23.3 Å². The predicted octanol–water partition coefficient (Wildman–Crippen LogP) is -0.859. The van der Waals surface area contributed by atoms with Crippen LogP contribution >= 0.6 is 11.8 Å². The number of aliphatic hydroxyl groups is 1. The molecule has 1 aromatic rings. The van der Waals surface area contributed by atoms with Gasteiger partial charge in [0.05, 0.1) is 23.9 Å². The first kappa shape index (κ1) is 19.4. The van der Waals surface area contributed by atoms with E-state index >= 15 is 0 Å². The molecule has 0 saturated carbocycles. The lowest BCUT2D eigenvalue weighted by molar-refractivity contribution is -0.758. The fourth-order valence-corrected chi connectivity index (χ4v) is 5.33. The highest BCUT2D eigenvalue weighted by Crippen LogP contribution is 2.45. The minimum atomic E-state index is -1.30. The normalized spacial score (nSPS) is 26.8. The molecule has 1 amide bonds. The smallest absolute Gasteiger partial charge is 0.353 e. The molecule has 4 atom stereocenters. The van der Waals surface area contributed by atoms with Crippen LogP contribution in [0.4, 0.5) is 0 Å². The second-order valence-corrected chi connectivity index (χ2v) is 8.12. The van der Waals surface area contributed by atoms with E-state index < -0.39 is 35.9 Å². The van der Waals surface area contributed by atoms with Crippen molar-refractivity contribution in [1.82, 2.24) is 14.6 Å². The summed E-state index contributed by atoms with van der Waals surface area (Å²) in [5.74, 6) is -4.40. The highest BCUT2D eigenvalue weighted by molar-refractivity contribution is 8.03. The van der Waals surface area contributed by atoms with Gasteiger partial charge in [-0.25, -0.2) is 4.79 Å². The van der Waals surface area contributed by atoms with E-state index in [4.69, 9.17) is 0 Å². The zero-order valence-electron chi connectivity index (χ0n) is 14.8. The van der Waals surface area contributed by atoms with E-state index in [1.807, 2.05) is 9.36 Å². The van der Waals surface area contributed by atoms with Crippen molar-refractivity contribution in [2.75, 3.05) is 0 Å². The molecule has 1 aromatic heterocycles. The summed E-state index contributed by atoms with van der Waals surface area (Å²) in [5, 5.41) is 29.2. The highest BCUT2D eigenvalue weighted by Gasteiger charge is 2.49. The monoisotopic (exact) mass is 397 g/mol. The van der Waals surface area contributed by atoms with Crippen LogP contribution < -0.4 is 4.68 Å². The van der Waals surface area contributed by atoms with Crippen LogP contribution in [0.1, 0.15) is 13.8 Å². The van der Waals surface area contributed by atoms with Gasteiger partial charge in [-0.1, -0.05) is 6.92 Å². The number of hydrogen-bond acceptors (Lipinski definition) is 6. The summed E-state index contributed by atoms with van der Waals surface area (Å²) in [6.07, 6.45) is 2.46. The Morgan fingerprint density at radius 1 is 1.44 bits per heavy atom. The molecule has 3 rings (SSSR count). The maximum absolute atomic E-state index is 11.9. The molecule has 0 aliphatic carbocycles. The molecule has 0 fully saturated rings. The zero-order valence-corrected chi connectivity index (χ0v) is 15.6. The lowest BCUT2D eigenvalue weighted by atomic mass is 9.87. The van der Waals surface area contributed by atoms with Crippen molar-refractivity contribution in [2.24, 2.45) is 11.8 Å². The molecule has 146 valence electrons. The molecule has 0 aromatic carbocycles. The third kappa shape index (κ3) is 3.32. The average Bonchev–Trinajstić information content (AvgIpc) is 3.22. The fourth-order valence-electron chi connectivity index (χ4n) is 3.86. The van der Waals surface area contributed by atoms with Gasteiger partial charge in [0.1, 0.15) is 18.2 Å². The SMILES string of the molecule is C[C@@H]1C(SC2Cn3cnc[n+]3C2)=C(C(=O)O)N(C=O)C1C(C(=O)O)[C@@H](C)O. The van der Waals surface area contributed by atoms with Crippen molar-refractivity contribution in [3.8, 4) is 0 Å². The number of carboxylic acid groups (broad SMARTS) is 2. The van der Waals surface area contributed by atoms with Crippen molar-refractivity contribution in [2.45, 2.75) is 44.3 Å². The van der Waals surface area contributed by atoms with Crippen LogP contribution in [-0.2, 0) is 27.5 Å². The minimum absolute atomic E-state index is 0.0295. The Hall–Kier alpha value is -2.40. The average molecular weight is 397 g/mol. The number of aliphatic carboxylic acids is 2. The number of hydrogen-bond donors (Lipinski definition) is 3. The molecular weight excluding hydrogens is 376 g/mol. The van der Waals surface area contributed by atoms with Gasteiger partial charge in [0, 0.05) is 10.8 Å². The Kier molecular flexibility index (Phi) is 5.24. The first-order valence-electron chi connectivity index (χ1n) is 8.44. The number of aromatic nitrogens is 3. The van der Waals surface area contributed by atoms with Gasteiger partial charge in [0.2, 0.25) is 12.7 Å². The van der Waals surface area contributed by atoms with Crippen molar-refractivity contribution < 1.29 is 34.4 Å². The van der Waals surface area contributed by atoms with Gasteiger partial charge in [-0.15, -0.1) is 11.8 Å². The standard InChI is InChI=1S/C16H20N4O6S/c1-8-12(11(9(2)22)15(23)24)20(7-21)13(16(25)26)14(8)27-10-3-18-5-17-6-19(18)4-10/h5-12,22H,3-4H2,1-2H3,(H-,23,24,25,26)/p+1/t8-,9+,11?,12?/m0/s1. The van der Waals surface area contributed by atoms with Gasteiger partial charge >= 0.3 is 18.3 Å². The second-order valence-electron chi connectivity index (χ2n) is 6.78. The third-order valence-electron chi connectivity index (χ3n) is 5.03. The number of amides is 1. The predicted molar refractivity (Wildman–Crippen MR) is 92.1 cm³/mol. The Balaban J connectivity index is 1.93. The third-order valence-corrected chi connectivity index (χ3v) is 6.48. The number of carbonyl (C=O) groups excluding carboxylic acids is 1. The van der Waals surface area contributed by atoms with Crippen molar-refractivity contribution in [1.29, 1.82) is 0 Å². The van der Waals surface area contributed by atoms with Crippen LogP contribution in [0.25, 0.3) is 0 Å². The van der Waals surface area contributed by atoms with Crippen molar-refractivity contribution in [3.63, 3.8) is 0 Å². The molecule has 2 aliphatic rings. The van der Waals surface area contributed by atoms with Gasteiger partial charge in [-0.3, -0.25) is 9.59 Å². The van der Waals surface area contributed by atoms with Crippen molar-refractivity contribution >= 4 is 30.1 Å². The van der Waals surface area contributed by atoms with Gasteiger partial charge in [-0.2, -0.15) is 9.36 Å². The Morgan fingerprint density at radius 3 is 2.67 bits per heavy atom. The van der Waals surface area contributed by atoms with Crippen LogP contribution in [0.2, 0.25) is 0 Å². The topological polar surface area (TPSA) is 137 Å². The summed E-state index contributed by atoms with van der Waals surface area (Å²) in [5.41, 5.74) is -0.209. The van der Waals surface area contributed by atoms with E-state index in [-0.39, 0.29) is 10.9 Å². The summed E-state index contributed by atoms with van der Waals surface area (Å²) in [7, 11) is 0. The highest BCUT2D eigenvalue weighted by atomic mass is 32.2. The minimum Gasteiger partial charge on any atom is -0.481 e. The van der Waals surface area contributed by atoms with Crippen LogP contribution in [-0.4, -0.2) is 65.6 Å². The molecule has 0 spiro atoms. The second kappa shape index (κ2) is 7.31. The Morgan fingerprint density at radius 2 is 2.15 bits per heavy atom. The largest absolute Gasteiger partial charge is 0.481 e. The lowest BCUT2D eigenvalue weighted by Gasteiger charge is -2.31. The molecule has 0 saturated heterocycles. The molecule has 0 bridgehead atoms. The Bertz CT molecular complexity index is 786. The molecule has 10 nitrogen and oxygen atoms in total. The first-order valence-corrected chi connectivity index (χ1v) is 9.32. The Labute approximate surface area is 159 Å². The zero-order chi connectivity index (χ0) is 19.9. The number of aliphatic hydroxyl groups excluding tert-OH is 1. The molecular formula is C16H21N4O6S+. The first-order chi connectivity index (χ1) is 12.8. The summed E-state index contributed by atoms with van der Waals surface area (Å²) < 4.78 is 3.81. The molecule has 3 heterocycles. The maximum atomic E-state index is 11.9. The summed E-state index contributed by atoms with van der Waals surface area (Å²) in [4.78, 5) is 40.7. The molecule has 3 N–H and O–H groups in total. The number of thioether (sulfide) groups is 1. The summed E-state index contributed by atoms with van der Waals surface area (Å²) in [6, 6.07) is -0.969. The molecule has 2 unspecified atom stereocenters. The van der Waals surface area contributed by atoms with E-state index in [0.29, 0.717) is 24.4 Å². The van der Waals surface area contributed by atoms with Crippen LogP contribution in [0.15, 0.2) is 23.3 Å². The van der Waals surface area contributed by atoms with Crippen LogP contribution in [0.3, 0.4) is 0 Å². The molecule has 2 aliphatic heterocycles. The van der Waals surface area contributed by atoms with Crippen LogP contribution in [0, 0.1) is 11.8 Å². The molecule has 27 heavy (non-hydrogen) atoms. The number of nitrogens with zero attached hydrogens (tertiary/aromatic N) is 4. The van der Waals surface area contributed by atoms with Crippen LogP contribution in [0.5, 0.6) is 0 Å². The number of fused-ring (bicyclic) bond motifs is 1. The van der Waals surface area contributed by atoms with E-state index in [2.05, 4.69) is 4.98 Å². The number of carboxylic acids is 2. The van der Waals surface area contributed by atoms with Gasteiger partial charge in [0.25, 0.3) is 0 Å². The number of carbonyl (C=O) groups is 3. The summed E-state index contributed by atoms with van der Waals surface area (Å²) >= 11 is 1.34. The van der Waals surface area contributed by atoms with Gasteiger partial charge in [0.15, 0.2) is 0 Å². The fraction of sp³-hybridized carbons (Fsp3) is 0.562. The quantitative estimate of drug-likeness (QED) is 0.399. The van der Waals surface area contributed by atoms with E-state index in [9.17, 15) is 29.7 Å². The van der Waals surface area contributed by atoms with E-state index in [1.54, 1.807) is 19.6 Å². The molecule has 0 radical (unpaired) electrons. The molecule has 11 heteroatoms. The maximum Gasteiger partial charge on any atom is 0.353 e. The van der Waals surface area contributed by atoms with E-state index in [0.717, 1.165) is 4.90 Å². The summed E-state index contributed by atoms with van der Waals surface area (Å²) in [6.45, 7) is 4.27. The lowest BCUT2D eigenvalue weighted by Crippen LogP contribution is -2.47. The van der Waals surface area contributed by atoms with Gasteiger partial charge < -0.3 is 20.2 Å².